The molecule has 2 aromatic rings. The van der Waals surface area contributed by atoms with E-state index in [-0.39, 0.29) is 5.78 Å². The van der Waals surface area contributed by atoms with Gasteiger partial charge in [-0.1, -0.05) is 0 Å². The highest BCUT2D eigenvalue weighted by Gasteiger charge is 2.28. The number of ketones is 1. The van der Waals surface area contributed by atoms with E-state index in [1.807, 2.05) is 6.07 Å². The molecule has 0 bridgehead atoms. The molecule has 7 heteroatoms. The third-order valence-electron chi connectivity index (χ3n) is 4.68. The number of carbonyl (C=O) groups is 1. The molecule has 0 saturated carbocycles. The van der Waals surface area contributed by atoms with E-state index in [1.54, 1.807) is 32.4 Å². The molecular formula is C21H23NO6. The molecule has 0 amide bonds. The van der Waals surface area contributed by atoms with Crippen molar-refractivity contribution in [2.45, 2.75) is 6.42 Å². The molecule has 0 atom stereocenters. The number of methoxy groups -OCH3 is 5. The van der Waals surface area contributed by atoms with Crippen LogP contribution in [0.15, 0.2) is 29.3 Å². The van der Waals surface area contributed by atoms with E-state index in [0.717, 1.165) is 17.5 Å². The molecule has 2 aromatic carbocycles. The van der Waals surface area contributed by atoms with Gasteiger partial charge < -0.3 is 23.7 Å². The second-order valence-electron chi connectivity index (χ2n) is 6.06. The zero-order valence-corrected chi connectivity index (χ0v) is 16.6. The van der Waals surface area contributed by atoms with Gasteiger partial charge in [-0.05, 0) is 36.2 Å². The van der Waals surface area contributed by atoms with Crippen LogP contribution in [0, 0.1) is 0 Å². The lowest BCUT2D eigenvalue weighted by atomic mass is 9.91. The summed E-state index contributed by atoms with van der Waals surface area (Å²) in [5.41, 5.74) is 2.41. The van der Waals surface area contributed by atoms with E-state index in [2.05, 4.69) is 4.99 Å². The Balaban J connectivity index is 2.12. The molecular weight excluding hydrogens is 362 g/mol. The third-order valence-corrected chi connectivity index (χ3v) is 4.68. The summed E-state index contributed by atoms with van der Waals surface area (Å²) in [7, 11) is 7.66. The molecule has 0 fully saturated rings. The van der Waals surface area contributed by atoms with Crippen LogP contribution < -0.4 is 23.7 Å². The molecule has 0 aliphatic carbocycles. The van der Waals surface area contributed by atoms with Gasteiger partial charge in [-0.25, -0.2) is 0 Å². The second-order valence-corrected chi connectivity index (χ2v) is 6.06. The van der Waals surface area contributed by atoms with Gasteiger partial charge in [-0.2, -0.15) is 0 Å². The van der Waals surface area contributed by atoms with Gasteiger partial charge in [0.15, 0.2) is 23.0 Å². The molecule has 148 valence electrons. The average molecular weight is 385 g/mol. The van der Waals surface area contributed by atoms with Crippen LogP contribution in [-0.2, 0) is 6.42 Å². The summed E-state index contributed by atoms with van der Waals surface area (Å²) in [6, 6.07) is 7.01. The van der Waals surface area contributed by atoms with Crippen LogP contribution in [0.3, 0.4) is 0 Å². The molecule has 28 heavy (non-hydrogen) atoms. The van der Waals surface area contributed by atoms with Gasteiger partial charge >= 0.3 is 0 Å². The quantitative estimate of drug-likeness (QED) is 0.682. The number of nitrogens with zero attached hydrogens (tertiary/aromatic N) is 1. The monoisotopic (exact) mass is 385 g/mol. The molecule has 1 aliphatic heterocycles. The van der Waals surface area contributed by atoms with Crippen molar-refractivity contribution in [3.8, 4) is 28.7 Å². The number of hydrogen-bond acceptors (Lipinski definition) is 7. The van der Waals surface area contributed by atoms with Gasteiger partial charge in [0.1, 0.15) is 5.71 Å². The summed E-state index contributed by atoms with van der Waals surface area (Å²) in [5, 5.41) is 0. The van der Waals surface area contributed by atoms with Crippen LogP contribution >= 0.6 is 0 Å². The van der Waals surface area contributed by atoms with Crippen molar-refractivity contribution in [2.75, 3.05) is 42.1 Å². The number of fused-ring (bicyclic) bond motifs is 1. The molecule has 0 radical (unpaired) electrons. The van der Waals surface area contributed by atoms with Crippen molar-refractivity contribution in [1.29, 1.82) is 0 Å². The lowest BCUT2D eigenvalue weighted by Gasteiger charge is -2.20. The van der Waals surface area contributed by atoms with Crippen LogP contribution in [0.25, 0.3) is 0 Å². The fraction of sp³-hybridized carbons (Fsp3) is 0.333. The Bertz CT molecular complexity index is 935. The van der Waals surface area contributed by atoms with E-state index in [0.29, 0.717) is 46.6 Å². The lowest BCUT2D eigenvalue weighted by Crippen LogP contribution is -2.23. The highest BCUT2D eigenvalue weighted by atomic mass is 16.5. The third kappa shape index (κ3) is 3.24. The van der Waals surface area contributed by atoms with Gasteiger partial charge in [-0.15, -0.1) is 0 Å². The normalized spacial score (nSPS) is 12.5. The fourth-order valence-corrected chi connectivity index (χ4v) is 3.32. The second kappa shape index (κ2) is 8.21. The van der Waals surface area contributed by atoms with E-state index in [4.69, 9.17) is 23.7 Å². The van der Waals surface area contributed by atoms with Crippen LogP contribution in [-0.4, -0.2) is 53.6 Å². The average Bonchev–Trinajstić information content (AvgIpc) is 2.75. The zero-order chi connectivity index (χ0) is 20.3. The largest absolute Gasteiger partial charge is 0.493 e. The number of hydrogen-bond donors (Lipinski definition) is 0. The number of Topliss-reactive ketones (excluding diaryl/α,β-unsaturated/α-hetero) is 1. The Morgan fingerprint density at radius 2 is 1.46 bits per heavy atom. The maximum Gasteiger partial charge on any atom is 0.215 e. The highest BCUT2D eigenvalue weighted by Crippen LogP contribution is 2.41. The summed E-state index contributed by atoms with van der Waals surface area (Å²) < 4.78 is 26.9. The molecule has 1 aliphatic rings. The molecule has 0 aromatic heterocycles. The molecule has 0 saturated heterocycles. The van der Waals surface area contributed by atoms with Crippen LogP contribution in [0.4, 0.5) is 0 Å². The first kappa shape index (κ1) is 19.5. The first-order chi connectivity index (χ1) is 13.6. The summed E-state index contributed by atoms with van der Waals surface area (Å²) in [4.78, 5) is 17.9. The highest BCUT2D eigenvalue weighted by molar-refractivity contribution is 6.52. The smallest absolute Gasteiger partial charge is 0.215 e. The molecule has 3 rings (SSSR count). The maximum absolute atomic E-state index is 13.4. The Kier molecular flexibility index (Phi) is 5.73. The van der Waals surface area contributed by atoms with Gasteiger partial charge in [0, 0.05) is 12.1 Å². The SMILES string of the molecule is COc1cc2c(cc1OC)C(C(=O)c1ccc(OC)c(OC)c1OC)=NCC2. The van der Waals surface area contributed by atoms with Gasteiger partial charge in [0.2, 0.25) is 11.5 Å². The zero-order valence-electron chi connectivity index (χ0n) is 16.6. The molecule has 0 N–H and O–H groups in total. The Labute approximate surface area is 163 Å². The van der Waals surface area contributed by atoms with Gasteiger partial charge in [-0.3, -0.25) is 9.79 Å². The van der Waals surface area contributed by atoms with Crippen molar-refractivity contribution in [1.82, 2.24) is 0 Å². The summed E-state index contributed by atoms with van der Waals surface area (Å²) >= 11 is 0. The first-order valence-electron chi connectivity index (χ1n) is 8.72. The molecule has 0 unspecified atom stereocenters. The lowest BCUT2D eigenvalue weighted by molar-refractivity contribution is 0.106. The Morgan fingerprint density at radius 1 is 0.821 bits per heavy atom. The maximum atomic E-state index is 13.4. The summed E-state index contributed by atoms with van der Waals surface area (Å²) in [5.74, 6) is 2.06. The predicted octanol–water partition coefficient (Wildman–Crippen LogP) is 2.96. The number of rotatable bonds is 7. The number of ether oxygens (including phenoxy) is 5. The van der Waals surface area contributed by atoms with E-state index >= 15 is 0 Å². The predicted molar refractivity (Wildman–Crippen MR) is 105 cm³/mol. The van der Waals surface area contributed by atoms with Crippen molar-refractivity contribution in [3.05, 3.63) is 41.0 Å². The summed E-state index contributed by atoms with van der Waals surface area (Å²) in [6.07, 6.45) is 0.718. The van der Waals surface area contributed by atoms with Crippen LogP contribution in [0.1, 0.15) is 21.5 Å². The minimum absolute atomic E-state index is 0.258. The van der Waals surface area contributed by atoms with Crippen molar-refractivity contribution in [2.24, 2.45) is 4.99 Å². The van der Waals surface area contributed by atoms with Crippen molar-refractivity contribution >= 4 is 11.5 Å². The summed E-state index contributed by atoms with van der Waals surface area (Å²) in [6.45, 7) is 0.513. The van der Waals surface area contributed by atoms with E-state index in [1.165, 1.54) is 21.3 Å². The topological polar surface area (TPSA) is 75.6 Å². The molecule has 0 spiro atoms. The van der Waals surface area contributed by atoms with Crippen molar-refractivity contribution < 1.29 is 28.5 Å². The van der Waals surface area contributed by atoms with Gasteiger partial charge in [0.25, 0.3) is 0 Å². The molecule has 1 heterocycles. The van der Waals surface area contributed by atoms with Crippen LogP contribution in [0.5, 0.6) is 28.7 Å². The Hall–Kier alpha value is -3.22. The minimum Gasteiger partial charge on any atom is -0.493 e. The van der Waals surface area contributed by atoms with E-state index < -0.39 is 0 Å². The standard InChI is InChI=1S/C21H23NO6/c1-24-15-7-6-13(20(27-4)21(15)28-5)19(23)18-14-11-17(26-3)16(25-2)10-12(14)8-9-22-18/h6-7,10-11H,8-9H2,1-5H3. The van der Waals surface area contributed by atoms with Crippen LogP contribution in [0.2, 0.25) is 0 Å². The number of aliphatic imine (C=N–C) groups is 1. The van der Waals surface area contributed by atoms with Gasteiger partial charge in [0.05, 0.1) is 41.1 Å². The van der Waals surface area contributed by atoms with E-state index in [9.17, 15) is 4.79 Å². The first-order valence-corrected chi connectivity index (χ1v) is 8.72. The number of carbonyl (C=O) groups excluding carboxylic acids is 1. The minimum atomic E-state index is -0.258. The number of benzene rings is 2. The van der Waals surface area contributed by atoms with Crippen molar-refractivity contribution in [3.63, 3.8) is 0 Å². The fourth-order valence-electron chi connectivity index (χ4n) is 3.32. The molecule has 7 nitrogen and oxygen atoms in total. The Morgan fingerprint density at radius 3 is 2.07 bits per heavy atom.